The second-order valence-electron chi connectivity index (χ2n) is 4.44. The SMILES string of the molecule is COc1cc(Br)c(/C=N\NC(=O)c2cccc(Br)c2)cc1OC. The van der Waals surface area contributed by atoms with Gasteiger partial charge in [-0.3, -0.25) is 4.79 Å². The first-order chi connectivity index (χ1) is 11.0. The van der Waals surface area contributed by atoms with Gasteiger partial charge in [0, 0.05) is 20.1 Å². The molecule has 1 amide bonds. The highest BCUT2D eigenvalue weighted by Gasteiger charge is 2.08. The number of ether oxygens (including phenoxy) is 2. The number of nitrogens with one attached hydrogen (secondary N) is 1. The molecule has 0 aromatic heterocycles. The highest BCUT2D eigenvalue weighted by molar-refractivity contribution is 9.10. The van der Waals surface area contributed by atoms with Crippen LogP contribution in [0.25, 0.3) is 0 Å². The van der Waals surface area contributed by atoms with E-state index >= 15 is 0 Å². The summed E-state index contributed by atoms with van der Waals surface area (Å²) < 4.78 is 12.1. The van der Waals surface area contributed by atoms with Crippen molar-refractivity contribution in [2.75, 3.05) is 14.2 Å². The summed E-state index contributed by atoms with van der Waals surface area (Å²) in [6, 6.07) is 10.6. The summed E-state index contributed by atoms with van der Waals surface area (Å²) >= 11 is 6.75. The Morgan fingerprint density at radius 3 is 2.48 bits per heavy atom. The fraction of sp³-hybridized carbons (Fsp3) is 0.125. The van der Waals surface area contributed by atoms with E-state index in [2.05, 4.69) is 42.4 Å². The number of rotatable bonds is 5. The number of carbonyl (C=O) groups is 1. The van der Waals surface area contributed by atoms with Crippen molar-refractivity contribution in [3.8, 4) is 11.5 Å². The van der Waals surface area contributed by atoms with Gasteiger partial charge in [0.2, 0.25) is 0 Å². The minimum Gasteiger partial charge on any atom is -0.493 e. The lowest BCUT2D eigenvalue weighted by molar-refractivity contribution is 0.0955. The molecule has 2 aromatic carbocycles. The smallest absolute Gasteiger partial charge is 0.271 e. The van der Waals surface area contributed by atoms with E-state index in [-0.39, 0.29) is 5.91 Å². The molecule has 2 rings (SSSR count). The number of amides is 1. The molecule has 7 heteroatoms. The van der Waals surface area contributed by atoms with Crippen LogP contribution >= 0.6 is 31.9 Å². The van der Waals surface area contributed by atoms with Gasteiger partial charge in [-0.25, -0.2) is 5.43 Å². The molecule has 0 unspecified atom stereocenters. The third-order valence-electron chi connectivity index (χ3n) is 2.96. The summed E-state index contributed by atoms with van der Waals surface area (Å²) in [5, 5.41) is 3.97. The van der Waals surface area contributed by atoms with Crippen LogP contribution < -0.4 is 14.9 Å². The molecule has 1 N–H and O–H groups in total. The molecule has 0 aliphatic rings. The monoisotopic (exact) mass is 440 g/mol. The van der Waals surface area contributed by atoms with Gasteiger partial charge < -0.3 is 9.47 Å². The largest absolute Gasteiger partial charge is 0.493 e. The minimum atomic E-state index is -0.292. The lowest BCUT2D eigenvalue weighted by Crippen LogP contribution is -2.17. The average molecular weight is 442 g/mol. The van der Waals surface area contributed by atoms with Gasteiger partial charge in [-0.15, -0.1) is 0 Å². The van der Waals surface area contributed by atoms with E-state index in [0.29, 0.717) is 17.1 Å². The number of hydrogen-bond acceptors (Lipinski definition) is 4. The number of halogens is 2. The van der Waals surface area contributed by atoms with E-state index < -0.39 is 0 Å². The van der Waals surface area contributed by atoms with Crippen molar-refractivity contribution in [3.63, 3.8) is 0 Å². The third kappa shape index (κ3) is 4.56. The first kappa shape index (κ1) is 17.5. The highest BCUT2D eigenvalue weighted by Crippen LogP contribution is 2.32. The van der Waals surface area contributed by atoms with Crippen LogP contribution in [-0.2, 0) is 0 Å². The molecule has 2 aromatic rings. The second kappa shape index (κ2) is 8.12. The molecule has 0 radical (unpaired) electrons. The van der Waals surface area contributed by atoms with Crippen LogP contribution in [0.5, 0.6) is 11.5 Å². The zero-order chi connectivity index (χ0) is 16.8. The predicted octanol–water partition coefficient (Wildman–Crippen LogP) is 3.99. The summed E-state index contributed by atoms with van der Waals surface area (Å²) in [6.45, 7) is 0. The summed E-state index contributed by atoms with van der Waals surface area (Å²) in [5.41, 5.74) is 3.75. The van der Waals surface area contributed by atoms with Crippen molar-refractivity contribution in [2.24, 2.45) is 5.10 Å². The molecule has 0 spiro atoms. The van der Waals surface area contributed by atoms with Crippen LogP contribution in [0.4, 0.5) is 0 Å². The van der Waals surface area contributed by atoms with Gasteiger partial charge in [-0.1, -0.05) is 22.0 Å². The van der Waals surface area contributed by atoms with Crippen molar-refractivity contribution in [1.29, 1.82) is 0 Å². The average Bonchev–Trinajstić information content (AvgIpc) is 2.55. The Balaban J connectivity index is 2.13. The number of hydrazone groups is 1. The Hall–Kier alpha value is -1.86. The number of methoxy groups -OCH3 is 2. The maximum Gasteiger partial charge on any atom is 0.271 e. The first-order valence-electron chi connectivity index (χ1n) is 6.55. The Bertz CT molecular complexity index is 748. The molecular formula is C16H14Br2N2O3. The van der Waals surface area contributed by atoms with Crippen LogP contribution in [0.2, 0.25) is 0 Å². The molecule has 5 nitrogen and oxygen atoms in total. The van der Waals surface area contributed by atoms with Crippen LogP contribution in [0.3, 0.4) is 0 Å². The van der Waals surface area contributed by atoms with E-state index in [1.165, 1.54) is 6.21 Å². The Kier molecular flexibility index (Phi) is 6.18. The summed E-state index contributed by atoms with van der Waals surface area (Å²) in [4.78, 5) is 12.0. The maximum absolute atomic E-state index is 12.0. The summed E-state index contributed by atoms with van der Waals surface area (Å²) in [6.07, 6.45) is 1.53. The normalized spacial score (nSPS) is 10.6. The zero-order valence-electron chi connectivity index (χ0n) is 12.5. The second-order valence-corrected chi connectivity index (χ2v) is 6.21. The van der Waals surface area contributed by atoms with Crippen molar-refractivity contribution in [2.45, 2.75) is 0 Å². The van der Waals surface area contributed by atoms with E-state index in [9.17, 15) is 4.79 Å². The Morgan fingerprint density at radius 2 is 1.83 bits per heavy atom. The molecule has 0 fully saturated rings. The Morgan fingerprint density at radius 1 is 1.13 bits per heavy atom. The van der Waals surface area contributed by atoms with E-state index in [1.807, 2.05) is 6.07 Å². The summed E-state index contributed by atoms with van der Waals surface area (Å²) in [5.74, 6) is 0.893. The van der Waals surface area contributed by atoms with Crippen LogP contribution in [0, 0.1) is 0 Å². The lowest BCUT2D eigenvalue weighted by atomic mass is 10.2. The standard InChI is InChI=1S/C16H14Br2N2O3/c1-22-14-7-11(13(18)8-15(14)23-2)9-19-20-16(21)10-4-3-5-12(17)6-10/h3-9H,1-2H3,(H,20,21)/b19-9-. The van der Waals surface area contributed by atoms with Crippen molar-refractivity contribution < 1.29 is 14.3 Å². The van der Waals surface area contributed by atoms with Gasteiger partial charge in [-0.2, -0.15) is 5.10 Å². The zero-order valence-corrected chi connectivity index (χ0v) is 15.6. The maximum atomic E-state index is 12.0. The van der Waals surface area contributed by atoms with E-state index in [4.69, 9.17) is 9.47 Å². The molecule has 0 saturated carbocycles. The van der Waals surface area contributed by atoms with Crippen molar-refractivity contribution in [3.05, 3.63) is 56.5 Å². The lowest BCUT2D eigenvalue weighted by Gasteiger charge is -2.09. The topological polar surface area (TPSA) is 59.9 Å². The van der Waals surface area contributed by atoms with Gasteiger partial charge >= 0.3 is 0 Å². The quantitative estimate of drug-likeness (QED) is 0.563. The molecule has 0 aliphatic heterocycles. The molecule has 0 aliphatic carbocycles. The minimum absolute atomic E-state index is 0.292. The van der Waals surface area contributed by atoms with Gasteiger partial charge in [0.15, 0.2) is 11.5 Å². The van der Waals surface area contributed by atoms with Gasteiger partial charge in [0.1, 0.15) is 0 Å². The molecule has 0 heterocycles. The molecule has 23 heavy (non-hydrogen) atoms. The number of hydrogen-bond donors (Lipinski definition) is 1. The highest BCUT2D eigenvalue weighted by atomic mass is 79.9. The fourth-order valence-electron chi connectivity index (χ4n) is 1.82. The number of nitrogens with zero attached hydrogens (tertiary/aromatic N) is 1. The fourth-order valence-corrected chi connectivity index (χ4v) is 2.65. The molecular weight excluding hydrogens is 428 g/mol. The van der Waals surface area contributed by atoms with Crippen molar-refractivity contribution in [1.82, 2.24) is 5.43 Å². The van der Waals surface area contributed by atoms with Crippen LogP contribution in [0.1, 0.15) is 15.9 Å². The van der Waals surface area contributed by atoms with Gasteiger partial charge in [-0.05, 0) is 46.3 Å². The van der Waals surface area contributed by atoms with Crippen LogP contribution in [0.15, 0.2) is 50.4 Å². The number of carbonyl (C=O) groups excluding carboxylic acids is 1. The predicted molar refractivity (Wildman–Crippen MR) is 96.4 cm³/mol. The third-order valence-corrected chi connectivity index (χ3v) is 4.14. The van der Waals surface area contributed by atoms with E-state index in [0.717, 1.165) is 14.5 Å². The molecule has 0 bridgehead atoms. The van der Waals surface area contributed by atoms with Crippen molar-refractivity contribution >= 4 is 44.0 Å². The number of benzene rings is 2. The van der Waals surface area contributed by atoms with Gasteiger partial charge in [0.05, 0.1) is 20.4 Å². The van der Waals surface area contributed by atoms with Gasteiger partial charge in [0.25, 0.3) is 5.91 Å². The van der Waals surface area contributed by atoms with E-state index in [1.54, 1.807) is 44.6 Å². The summed E-state index contributed by atoms with van der Waals surface area (Å²) in [7, 11) is 3.12. The molecule has 120 valence electrons. The molecule has 0 saturated heterocycles. The molecule has 0 atom stereocenters. The van der Waals surface area contributed by atoms with Crippen LogP contribution in [-0.4, -0.2) is 26.3 Å². The Labute approximate surface area is 150 Å². The first-order valence-corrected chi connectivity index (χ1v) is 8.14.